The molecule has 0 bridgehead atoms. The molecule has 2 rings (SSSR count). The fraction of sp³-hybridized carbons (Fsp3) is 0.0909. The number of rotatable bonds is 2. The average molecular weight is 439 g/mol. The minimum atomic E-state index is 0.358. The first-order chi connectivity index (χ1) is 8.47. The summed E-state index contributed by atoms with van der Waals surface area (Å²) in [5.41, 5.74) is 7.41. The summed E-state index contributed by atoms with van der Waals surface area (Å²) in [6.45, 7) is 1.86. The number of hydrogen-bond donors (Lipinski definition) is 1. The number of anilines is 1. The second kappa shape index (κ2) is 5.58. The van der Waals surface area contributed by atoms with E-state index in [-0.39, 0.29) is 0 Å². The first-order valence-corrected chi connectivity index (χ1v) is 7.22. The number of benzene rings is 1. The zero-order chi connectivity index (χ0) is 13.3. The van der Waals surface area contributed by atoms with Gasteiger partial charge in [-0.1, -0.05) is 11.6 Å². The quantitative estimate of drug-likeness (QED) is 0.441. The van der Waals surface area contributed by atoms with Crippen molar-refractivity contribution >= 4 is 62.3 Å². The summed E-state index contributed by atoms with van der Waals surface area (Å²) in [5.74, 6) is 0.358. The second-order valence-corrected chi connectivity index (χ2v) is 6.01. The highest BCUT2D eigenvalue weighted by molar-refractivity contribution is 14.1. The lowest BCUT2D eigenvalue weighted by atomic mass is 10.2. The number of nitrogen functional groups attached to an aromatic ring is 1. The molecule has 0 spiro atoms. The SMILES string of the molecule is Cc1cn(N=Cc2cc(Cl)cc(I)c2Br)c(N)n1. The Balaban J connectivity index is 2.37. The van der Waals surface area contributed by atoms with Gasteiger partial charge >= 0.3 is 0 Å². The lowest BCUT2D eigenvalue weighted by molar-refractivity contribution is 0.897. The van der Waals surface area contributed by atoms with Gasteiger partial charge in [0.2, 0.25) is 5.95 Å². The maximum Gasteiger partial charge on any atom is 0.221 e. The molecule has 2 aromatic rings. The number of imidazole rings is 1. The summed E-state index contributed by atoms with van der Waals surface area (Å²) >= 11 is 11.7. The molecule has 0 radical (unpaired) electrons. The fourth-order valence-electron chi connectivity index (χ4n) is 1.39. The standard InChI is InChI=1S/C11H9BrClIN4/c1-6-5-18(11(15)17-6)16-4-7-2-8(13)3-9(14)10(7)12/h2-5H,1H3,(H2,15,17). The van der Waals surface area contributed by atoms with E-state index < -0.39 is 0 Å². The molecule has 0 amide bonds. The van der Waals surface area contributed by atoms with Crippen molar-refractivity contribution in [1.82, 2.24) is 9.66 Å². The van der Waals surface area contributed by atoms with Crippen molar-refractivity contribution in [3.63, 3.8) is 0 Å². The smallest absolute Gasteiger partial charge is 0.221 e. The predicted molar refractivity (Wildman–Crippen MR) is 86.2 cm³/mol. The van der Waals surface area contributed by atoms with Crippen LogP contribution >= 0.6 is 50.1 Å². The normalized spacial score (nSPS) is 11.3. The van der Waals surface area contributed by atoms with Crippen LogP contribution in [0.3, 0.4) is 0 Å². The molecule has 0 atom stereocenters. The third-order valence-electron chi connectivity index (χ3n) is 2.18. The Bertz CT molecular complexity index is 624. The van der Waals surface area contributed by atoms with E-state index in [1.54, 1.807) is 12.4 Å². The monoisotopic (exact) mass is 438 g/mol. The molecule has 0 saturated heterocycles. The van der Waals surface area contributed by atoms with Crippen molar-refractivity contribution in [2.24, 2.45) is 5.10 Å². The van der Waals surface area contributed by atoms with Crippen LogP contribution in [-0.4, -0.2) is 15.9 Å². The van der Waals surface area contributed by atoms with E-state index in [1.165, 1.54) is 4.68 Å². The van der Waals surface area contributed by atoms with Crippen LogP contribution in [0.25, 0.3) is 0 Å². The number of nitrogens with two attached hydrogens (primary N) is 1. The maximum atomic E-state index is 6.01. The van der Waals surface area contributed by atoms with Crippen molar-refractivity contribution < 1.29 is 0 Å². The number of aryl methyl sites for hydroxylation is 1. The summed E-state index contributed by atoms with van der Waals surface area (Å²) in [6.07, 6.45) is 3.45. The minimum Gasteiger partial charge on any atom is -0.368 e. The van der Waals surface area contributed by atoms with E-state index >= 15 is 0 Å². The van der Waals surface area contributed by atoms with Gasteiger partial charge < -0.3 is 5.73 Å². The van der Waals surface area contributed by atoms with E-state index in [9.17, 15) is 0 Å². The third-order valence-corrected chi connectivity index (χ3v) is 4.87. The summed E-state index contributed by atoms with van der Waals surface area (Å²) in [5, 5.41) is 4.92. The summed E-state index contributed by atoms with van der Waals surface area (Å²) < 4.78 is 3.50. The van der Waals surface area contributed by atoms with Crippen LogP contribution in [-0.2, 0) is 0 Å². The van der Waals surface area contributed by atoms with Crippen LogP contribution in [0.15, 0.2) is 27.9 Å². The topological polar surface area (TPSA) is 56.2 Å². The summed E-state index contributed by atoms with van der Waals surface area (Å²) in [4.78, 5) is 4.07. The van der Waals surface area contributed by atoms with Gasteiger partial charge in [0.15, 0.2) is 0 Å². The molecule has 0 aliphatic heterocycles. The molecule has 0 aliphatic rings. The molecular formula is C11H9BrClIN4. The van der Waals surface area contributed by atoms with Gasteiger partial charge in [0.05, 0.1) is 18.1 Å². The fourth-order valence-corrected chi connectivity index (χ4v) is 2.78. The lowest BCUT2D eigenvalue weighted by Crippen LogP contribution is -1.97. The van der Waals surface area contributed by atoms with Crippen LogP contribution in [0, 0.1) is 10.5 Å². The van der Waals surface area contributed by atoms with Gasteiger partial charge in [-0.25, -0.2) is 9.66 Å². The summed E-state index contributed by atoms with van der Waals surface area (Å²) in [7, 11) is 0. The zero-order valence-electron chi connectivity index (χ0n) is 9.36. The average Bonchev–Trinajstić information content (AvgIpc) is 2.60. The highest BCUT2D eigenvalue weighted by atomic mass is 127. The predicted octanol–water partition coefficient (Wildman–Crippen LogP) is 3.68. The number of hydrogen-bond acceptors (Lipinski definition) is 3. The molecule has 0 unspecified atom stereocenters. The highest BCUT2D eigenvalue weighted by Gasteiger charge is 2.05. The van der Waals surface area contributed by atoms with Gasteiger partial charge in [0.25, 0.3) is 0 Å². The van der Waals surface area contributed by atoms with Crippen molar-refractivity contribution in [3.05, 3.63) is 42.7 Å². The molecule has 0 aliphatic carbocycles. The molecular weight excluding hydrogens is 430 g/mol. The number of nitrogens with zero attached hydrogens (tertiary/aromatic N) is 3. The van der Waals surface area contributed by atoms with Gasteiger partial charge in [0, 0.05) is 18.6 Å². The van der Waals surface area contributed by atoms with E-state index in [0.717, 1.165) is 19.3 Å². The zero-order valence-corrected chi connectivity index (χ0v) is 13.9. The lowest BCUT2D eigenvalue weighted by Gasteiger charge is -2.02. The summed E-state index contributed by atoms with van der Waals surface area (Å²) in [6, 6.07) is 3.70. The highest BCUT2D eigenvalue weighted by Crippen LogP contribution is 2.26. The Hall–Kier alpha value is -0.600. The molecule has 1 aromatic carbocycles. The van der Waals surface area contributed by atoms with Crippen LogP contribution < -0.4 is 5.73 Å². The first kappa shape index (κ1) is 13.8. The van der Waals surface area contributed by atoms with Gasteiger partial charge in [-0.05, 0) is 57.6 Å². The van der Waals surface area contributed by atoms with E-state index in [1.807, 2.05) is 19.1 Å². The van der Waals surface area contributed by atoms with E-state index in [0.29, 0.717) is 11.0 Å². The maximum absolute atomic E-state index is 6.01. The van der Waals surface area contributed by atoms with Gasteiger partial charge in [-0.15, -0.1) is 0 Å². The van der Waals surface area contributed by atoms with Crippen LogP contribution in [0.1, 0.15) is 11.3 Å². The molecule has 4 nitrogen and oxygen atoms in total. The first-order valence-electron chi connectivity index (χ1n) is 4.97. The number of halogens is 3. The van der Waals surface area contributed by atoms with E-state index in [2.05, 4.69) is 48.6 Å². The van der Waals surface area contributed by atoms with Gasteiger partial charge in [-0.3, -0.25) is 0 Å². The molecule has 2 N–H and O–H groups in total. The molecule has 7 heteroatoms. The Morgan fingerprint density at radius 2 is 2.28 bits per heavy atom. The minimum absolute atomic E-state index is 0.358. The Kier molecular flexibility index (Phi) is 4.29. The third kappa shape index (κ3) is 3.04. The van der Waals surface area contributed by atoms with Gasteiger partial charge in [0.1, 0.15) is 0 Å². The Labute approximate surface area is 131 Å². The van der Waals surface area contributed by atoms with Crippen LogP contribution in [0.4, 0.5) is 5.95 Å². The largest absolute Gasteiger partial charge is 0.368 e. The Morgan fingerprint density at radius 3 is 2.89 bits per heavy atom. The van der Waals surface area contributed by atoms with Crippen molar-refractivity contribution in [2.45, 2.75) is 6.92 Å². The second-order valence-electron chi connectivity index (χ2n) is 3.62. The molecule has 0 saturated carbocycles. The molecule has 94 valence electrons. The van der Waals surface area contributed by atoms with Gasteiger partial charge in [-0.2, -0.15) is 5.10 Å². The van der Waals surface area contributed by atoms with Crippen LogP contribution in [0.2, 0.25) is 5.02 Å². The van der Waals surface area contributed by atoms with Crippen molar-refractivity contribution in [1.29, 1.82) is 0 Å². The molecule has 0 fully saturated rings. The number of aromatic nitrogens is 2. The Morgan fingerprint density at radius 1 is 1.56 bits per heavy atom. The van der Waals surface area contributed by atoms with E-state index in [4.69, 9.17) is 17.3 Å². The molecule has 1 aromatic heterocycles. The molecule has 18 heavy (non-hydrogen) atoms. The van der Waals surface area contributed by atoms with Crippen molar-refractivity contribution in [2.75, 3.05) is 5.73 Å². The molecule has 1 heterocycles. The van der Waals surface area contributed by atoms with Crippen LogP contribution in [0.5, 0.6) is 0 Å². The van der Waals surface area contributed by atoms with Crippen molar-refractivity contribution in [3.8, 4) is 0 Å².